The molecule has 0 bridgehead atoms. The Morgan fingerprint density at radius 3 is 2.56 bits per heavy atom. The van der Waals surface area contributed by atoms with Crippen LogP contribution in [0.4, 0.5) is 5.69 Å². The third kappa shape index (κ3) is 5.11. The summed E-state index contributed by atoms with van der Waals surface area (Å²) in [4.78, 5) is 28.2. The molecule has 32 heavy (non-hydrogen) atoms. The van der Waals surface area contributed by atoms with Gasteiger partial charge in [-0.05, 0) is 53.6 Å². The van der Waals surface area contributed by atoms with Gasteiger partial charge in [-0.1, -0.05) is 36.4 Å². The lowest BCUT2D eigenvalue weighted by molar-refractivity contribution is -0.139. The van der Waals surface area contributed by atoms with Crippen LogP contribution in [0.2, 0.25) is 0 Å². The van der Waals surface area contributed by atoms with E-state index in [9.17, 15) is 9.59 Å². The molecule has 2 N–H and O–H groups in total. The first-order chi connectivity index (χ1) is 15.7. The topological polar surface area (TPSA) is 70.7 Å². The smallest absolute Gasteiger partial charge is 0.309 e. The van der Waals surface area contributed by atoms with E-state index in [0.717, 1.165) is 24.3 Å². The fourth-order valence-electron chi connectivity index (χ4n) is 4.00. The number of nitrogens with one attached hydrogen (secondary N) is 2. The van der Waals surface area contributed by atoms with E-state index in [1.54, 1.807) is 18.4 Å². The van der Waals surface area contributed by atoms with Gasteiger partial charge in [0.15, 0.2) is 0 Å². The van der Waals surface area contributed by atoms with Gasteiger partial charge in [-0.25, -0.2) is 0 Å². The summed E-state index contributed by atoms with van der Waals surface area (Å²) in [6.45, 7) is 1.66. The Morgan fingerprint density at radius 1 is 1.03 bits per heavy atom. The van der Waals surface area contributed by atoms with Crippen LogP contribution in [-0.2, 0) is 22.4 Å². The van der Waals surface area contributed by atoms with Crippen molar-refractivity contribution < 1.29 is 14.3 Å². The van der Waals surface area contributed by atoms with Gasteiger partial charge in [-0.3, -0.25) is 9.59 Å². The molecule has 7 heteroatoms. The fourth-order valence-corrected chi connectivity index (χ4v) is 4.83. The molecule has 2 heterocycles. The minimum absolute atomic E-state index is 0.00491. The van der Waals surface area contributed by atoms with Gasteiger partial charge in [0.1, 0.15) is 5.75 Å². The van der Waals surface area contributed by atoms with Crippen molar-refractivity contribution in [2.75, 3.05) is 31.6 Å². The second kappa shape index (κ2) is 10.3. The molecule has 1 aliphatic heterocycles. The van der Waals surface area contributed by atoms with Gasteiger partial charge in [0, 0.05) is 30.2 Å². The molecular weight excluding hydrogens is 422 g/mol. The highest BCUT2D eigenvalue weighted by Gasteiger charge is 2.28. The lowest BCUT2D eigenvalue weighted by Gasteiger charge is -2.30. The van der Waals surface area contributed by atoms with E-state index in [1.165, 1.54) is 16.1 Å². The summed E-state index contributed by atoms with van der Waals surface area (Å²) >= 11 is 1.66. The zero-order valence-corrected chi connectivity index (χ0v) is 18.9. The highest BCUT2D eigenvalue weighted by molar-refractivity contribution is 7.10. The van der Waals surface area contributed by atoms with Crippen molar-refractivity contribution in [1.82, 2.24) is 10.6 Å². The first kappa shape index (κ1) is 21.9. The number of hydrogen-bond acceptors (Lipinski definition) is 5. The number of carbonyl (C=O) groups excluding carboxylic acids is 2. The quantitative estimate of drug-likeness (QED) is 0.518. The molecule has 0 radical (unpaired) electrons. The second-order valence-corrected chi connectivity index (χ2v) is 8.65. The molecule has 4 rings (SSSR count). The minimum atomic E-state index is -0.606. The number of methoxy groups -OCH3 is 1. The summed E-state index contributed by atoms with van der Waals surface area (Å²) in [5.74, 6) is -0.419. The summed E-state index contributed by atoms with van der Waals surface area (Å²) in [6, 6.07) is 20.1. The van der Waals surface area contributed by atoms with Crippen LogP contribution < -0.4 is 20.3 Å². The molecule has 2 amide bonds. The Hall–Kier alpha value is -3.32. The van der Waals surface area contributed by atoms with Crippen LogP contribution in [0.1, 0.15) is 22.0 Å². The molecule has 166 valence electrons. The van der Waals surface area contributed by atoms with Crippen LogP contribution in [0.5, 0.6) is 5.75 Å². The highest BCUT2D eigenvalue weighted by atomic mass is 32.1. The number of benzene rings is 2. The number of nitrogens with zero attached hydrogens (tertiary/aromatic N) is 1. The van der Waals surface area contributed by atoms with Crippen molar-refractivity contribution in [2.24, 2.45) is 0 Å². The molecule has 0 aliphatic carbocycles. The Kier molecular flexibility index (Phi) is 7.07. The molecule has 1 unspecified atom stereocenters. The average molecular weight is 450 g/mol. The van der Waals surface area contributed by atoms with E-state index >= 15 is 0 Å². The summed E-state index contributed by atoms with van der Waals surface area (Å²) in [7, 11) is 1.62. The summed E-state index contributed by atoms with van der Waals surface area (Å²) < 4.78 is 5.15. The van der Waals surface area contributed by atoms with Crippen LogP contribution in [0.25, 0.3) is 0 Å². The third-order valence-electron chi connectivity index (χ3n) is 5.69. The van der Waals surface area contributed by atoms with Crippen molar-refractivity contribution in [1.29, 1.82) is 0 Å². The lowest BCUT2D eigenvalue weighted by Crippen LogP contribution is -2.44. The summed E-state index contributed by atoms with van der Waals surface area (Å²) in [5, 5.41) is 7.59. The van der Waals surface area contributed by atoms with Gasteiger partial charge >= 0.3 is 11.8 Å². The van der Waals surface area contributed by atoms with Crippen LogP contribution in [0, 0.1) is 0 Å². The molecule has 1 aromatic heterocycles. The number of hydrogen-bond donors (Lipinski definition) is 2. The number of rotatable bonds is 8. The molecule has 1 atom stereocenters. The van der Waals surface area contributed by atoms with Gasteiger partial charge in [0.2, 0.25) is 0 Å². The van der Waals surface area contributed by atoms with Gasteiger partial charge in [-0.2, -0.15) is 0 Å². The first-order valence-corrected chi connectivity index (χ1v) is 11.6. The zero-order chi connectivity index (χ0) is 22.3. The van der Waals surface area contributed by atoms with E-state index in [1.807, 2.05) is 41.8 Å². The molecule has 0 fully saturated rings. The van der Waals surface area contributed by atoms with Gasteiger partial charge in [0.05, 0.1) is 13.2 Å². The van der Waals surface area contributed by atoms with Crippen LogP contribution >= 0.6 is 11.3 Å². The number of amides is 2. The number of fused-ring (bicyclic) bond motifs is 1. The van der Waals surface area contributed by atoms with Gasteiger partial charge in [-0.15, -0.1) is 11.3 Å². The number of para-hydroxylation sites is 1. The van der Waals surface area contributed by atoms with E-state index in [0.29, 0.717) is 19.5 Å². The maximum absolute atomic E-state index is 12.4. The molecular formula is C25H27N3O3S. The van der Waals surface area contributed by atoms with Gasteiger partial charge < -0.3 is 20.3 Å². The van der Waals surface area contributed by atoms with E-state index < -0.39 is 11.8 Å². The molecule has 6 nitrogen and oxygen atoms in total. The van der Waals surface area contributed by atoms with E-state index in [4.69, 9.17) is 4.74 Å². The largest absolute Gasteiger partial charge is 0.497 e. The normalized spacial score (nSPS) is 13.3. The second-order valence-electron chi connectivity index (χ2n) is 7.67. The highest BCUT2D eigenvalue weighted by Crippen LogP contribution is 2.36. The fraction of sp³-hybridized carbons (Fsp3) is 0.280. The predicted molar refractivity (Wildman–Crippen MR) is 127 cm³/mol. The van der Waals surface area contributed by atoms with Crippen molar-refractivity contribution in [3.05, 3.63) is 82.0 Å². The lowest BCUT2D eigenvalue weighted by atomic mass is 10.1. The minimum Gasteiger partial charge on any atom is -0.497 e. The number of carbonyl (C=O) groups is 2. The van der Waals surface area contributed by atoms with Crippen LogP contribution in [0.3, 0.4) is 0 Å². The van der Waals surface area contributed by atoms with Crippen molar-refractivity contribution in [3.63, 3.8) is 0 Å². The molecule has 0 saturated carbocycles. The Labute approximate surface area is 192 Å². The maximum atomic E-state index is 12.4. The average Bonchev–Trinajstić information content (AvgIpc) is 3.50. The zero-order valence-electron chi connectivity index (χ0n) is 18.0. The molecule has 3 aromatic rings. The molecule has 1 aliphatic rings. The molecule has 0 spiro atoms. The van der Waals surface area contributed by atoms with Crippen LogP contribution in [0.15, 0.2) is 66.0 Å². The SMILES string of the molecule is COc1ccc(CCNC(=O)C(=O)NCC(c2cccs2)N2CCc3ccccc32)cc1. The summed E-state index contributed by atoms with van der Waals surface area (Å²) in [6.07, 6.45) is 1.63. The maximum Gasteiger partial charge on any atom is 0.309 e. The Morgan fingerprint density at radius 2 is 1.81 bits per heavy atom. The Balaban J connectivity index is 1.32. The van der Waals surface area contributed by atoms with Crippen molar-refractivity contribution in [2.45, 2.75) is 18.9 Å². The summed E-state index contributed by atoms with van der Waals surface area (Å²) in [5.41, 5.74) is 3.58. The van der Waals surface area contributed by atoms with Crippen molar-refractivity contribution in [3.8, 4) is 5.75 Å². The molecule has 0 saturated heterocycles. The number of anilines is 1. The third-order valence-corrected chi connectivity index (χ3v) is 6.66. The monoisotopic (exact) mass is 449 g/mol. The van der Waals surface area contributed by atoms with Gasteiger partial charge in [0.25, 0.3) is 0 Å². The standard InChI is InChI=1S/C25H27N3O3S/c1-31-20-10-8-18(9-11-20)12-14-26-24(29)25(30)27-17-22(23-7-4-16-32-23)28-15-13-19-5-2-3-6-21(19)28/h2-11,16,22H,12-15,17H2,1H3,(H,26,29)(H,27,30). The molecule has 2 aromatic carbocycles. The Bertz CT molecular complexity index is 1050. The van der Waals surface area contributed by atoms with Crippen molar-refractivity contribution >= 4 is 28.8 Å². The first-order valence-electron chi connectivity index (χ1n) is 10.7. The predicted octanol–water partition coefficient (Wildman–Crippen LogP) is 3.34. The number of thiophene rings is 1. The van der Waals surface area contributed by atoms with E-state index in [-0.39, 0.29) is 6.04 Å². The van der Waals surface area contributed by atoms with E-state index in [2.05, 4.69) is 39.8 Å². The number of ether oxygens (including phenoxy) is 1. The van der Waals surface area contributed by atoms with Crippen LogP contribution in [-0.4, -0.2) is 38.6 Å².